The lowest BCUT2D eigenvalue weighted by molar-refractivity contribution is -0.277. The van der Waals surface area contributed by atoms with E-state index in [1.807, 2.05) is 0 Å². The van der Waals surface area contributed by atoms with Crippen molar-refractivity contribution in [3.63, 3.8) is 0 Å². The van der Waals surface area contributed by atoms with Gasteiger partial charge in [0.25, 0.3) is 5.88 Å². The summed E-state index contributed by atoms with van der Waals surface area (Å²) >= 11 is 0. The zero-order chi connectivity index (χ0) is 11.6. The number of nitrogens with zero attached hydrogens (tertiary/aromatic N) is 2. The van der Waals surface area contributed by atoms with E-state index in [0.29, 0.717) is 0 Å². The van der Waals surface area contributed by atoms with Crippen LogP contribution < -0.4 is 4.74 Å². The number of halogens is 5. The van der Waals surface area contributed by atoms with Crippen molar-refractivity contribution in [3.05, 3.63) is 23.4 Å². The van der Waals surface area contributed by atoms with Crippen LogP contribution in [0, 0.1) is 23.0 Å². The Labute approximate surface area is 79.7 Å². The van der Waals surface area contributed by atoms with E-state index in [1.54, 1.807) is 0 Å². The number of hydrogen-bond donors (Lipinski definition) is 0. The van der Waals surface area contributed by atoms with Gasteiger partial charge >= 0.3 is 6.36 Å². The molecule has 0 saturated heterocycles. The van der Waals surface area contributed by atoms with E-state index < -0.39 is 29.6 Å². The Morgan fingerprint density at radius 3 is 2.33 bits per heavy atom. The number of pyridine rings is 1. The molecule has 0 unspecified atom stereocenters. The minimum Gasteiger partial charge on any atom is -0.385 e. The lowest BCUT2D eigenvalue weighted by Crippen LogP contribution is -2.19. The van der Waals surface area contributed by atoms with Crippen molar-refractivity contribution in [2.75, 3.05) is 0 Å². The molecule has 0 atom stereocenters. The van der Waals surface area contributed by atoms with Crippen LogP contribution in [0.2, 0.25) is 0 Å². The molecular formula is C7HF5N2O. The molecule has 0 bridgehead atoms. The minimum absolute atomic E-state index is 0.0899. The first-order valence-corrected chi connectivity index (χ1v) is 3.35. The van der Waals surface area contributed by atoms with Crippen molar-refractivity contribution in [1.29, 1.82) is 5.26 Å². The average Bonchev–Trinajstić information content (AvgIpc) is 2.07. The zero-order valence-electron chi connectivity index (χ0n) is 6.77. The topological polar surface area (TPSA) is 45.9 Å². The van der Waals surface area contributed by atoms with Gasteiger partial charge in [0.1, 0.15) is 6.07 Å². The molecule has 0 fully saturated rings. The highest BCUT2D eigenvalue weighted by atomic mass is 19.4. The Morgan fingerprint density at radius 1 is 1.27 bits per heavy atom. The standard InChI is InChI=1S/C7HF5N2O/c8-3-1-4(9)6(14-5(3)2-13)15-7(10,11)12/h1H. The van der Waals surface area contributed by atoms with Crippen molar-refractivity contribution >= 4 is 0 Å². The van der Waals surface area contributed by atoms with E-state index in [2.05, 4.69) is 9.72 Å². The van der Waals surface area contributed by atoms with Gasteiger partial charge in [-0.25, -0.2) is 8.78 Å². The normalized spacial score (nSPS) is 10.9. The van der Waals surface area contributed by atoms with Crippen molar-refractivity contribution in [2.24, 2.45) is 0 Å². The first-order chi connectivity index (χ1) is 6.83. The molecule has 8 heteroatoms. The van der Waals surface area contributed by atoms with Gasteiger partial charge in [-0.1, -0.05) is 0 Å². The molecular weight excluding hydrogens is 223 g/mol. The van der Waals surface area contributed by atoms with Gasteiger partial charge in [0.15, 0.2) is 17.3 Å². The third-order valence-electron chi connectivity index (χ3n) is 1.22. The Morgan fingerprint density at radius 2 is 1.87 bits per heavy atom. The fraction of sp³-hybridized carbons (Fsp3) is 0.143. The summed E-state index contributed by atoms with van der Waals surface area (Å²) < 4.78 is 63.3. The van der Waals surface area contributed by atoms with E-state index in [4.69, 9.17) is 5.26 Å². The maximum atomic E-state index is 12.7. The highest BCUT2D eigenvalue weighted by Gasteiger charge is 2.33. The molecule has 0 aromatic carbocycles. The first kappa shape index (κ1) is 11.2. The average molecular weight is 224 g/mol. The van der Waals surface area contributed by atoms with E-state index in [0.717, 1.165) is 6.07 Å². The van der Waals surface area contributed by atoms with Gasteiger partial charge in [0.05, 0.1) is 0 Å². The van der Waals surface area contributed by atoms with Crippen molar-refractivity contribution in [2.45, 2.75) is 6.36 Å². The van der Waals surface area contributed by atoms with E-state index in [9.17, 15) is 22.0 Å². The molecule has 80 valence electrons. The van der Waals surface area contributed by atoms with Crippen LogP contribution in [0.1, 0.15) is 5.69 Å². The van der Waals surface area contributed by atoms with Gasteiger partial charge in [-0.2, -0.15) is 10.2 Å². The van der Waals surface area contributed by atoms with E-state index >= 15 is 0 Å². The zero-order valence-corrected chi connectivity index (χ0v) is 6.77. The second kappa shape index (κ2) is 3.68. The predicted molar refractivity (Wildman–Crippen MR) is 35.6 cm³/mol. The number of alkyl halides is 3. The highest BCUT2D eigenvalue weighted by molar-refractivity contribution is 5.28. The first-order valence-electron chi connectivity index (χ1n) is 3.35. The van der Waals surface area contributed by atoms with Crippen LogP contribution in [0.15, 0.2) is 6.07 Å². The molecule has 1 aromatic rings. The smallest absolute Gasteiger partial charge is 0.385 e. The van der Waals surface area contributed by atoms with Crippen LogP contribution >= 0.6 is 0 Å². The van der Waals surface area contributed by atoms with Crippen LogP contribution in [0.25, 0.3) is 0 Å². The number of rotatable bonds is 1. The lowest BCUT2D eigenvalue weighted by atomic mass is 10.3. The van der Waals surface area contributed by atoms with Crippen molar-refractivity contribution in [1.82, 2.24) is 4.98 Å². The van der Waals surface area contributed by atoms with Gasteiger partial charge < -0.3 is 4.74 Å². The molecule has 0 N–H and O–H groups in total. The SMILES string of the molecule is N#Cc1nc(OC(F)(F)F)c(F)cc1F. The quantitative estimate of drug-likeness (QED) is 0.686. The van der Waals surface area contributed by atoms with Gasteiger partial charge in [-0.05, 0) is 0 Å². The lowest BCUT2D eigenvalue weighted by Gasteiger charge is -2.08. The summed E-state index contributed by atoms with van der Waals surface area (Å²) in [6.07, 6.45) is -5.15. The maximum absolute atomic E-state index is 12.7. The molecule has 15 heavy (non-hydrogen) atoms. The Kier molecular flexibility index (Phi) is 2.74. The van der Waals surface area contributed by atoms with E-state index in [1.165, 1.54) is 0 Å². The van der Waals surface area contributed by atoms with Crippen LogP contribution in [0.3, 0.4) is 0 Å². The largest absolute Gasteiger partial charge is 0.574 e. The third-order valence-corrected chi connectivity index (χ3v) is 1.22. The summed E-state index contributed by atoms with van der Waals surface area (Å²) in [5, 5.41) is 8.22. The molecule has 3 nitrogen and oxygen atoms in total. The molecule has 0 saturated carbocycles. The summed E-state index contributed by atoms with van der Waals surface area (Å²) in [5.41, 5.74) is -0.976. The Hall–Kier alpha value is -1.91. The molecule has 0 spiro atoms. The fourth-order valence-electron chi connectivity index (χ4n) is 0.709. The Bertz CT molecular complexity index is 423. The summed E-state index contributed by atoms with van der Waals surface area (Å²) in [6.45, 7) is 0. The monoisotopic (exact) mass is 224 g/mol. The molecule has 0 aliphatic carbocycles. The molecule has 1 rings (SSSR count). The summed E-state index contributed by atoms with van der Waals surface area (Å²) in [4.78, 5) is 2.72. The maximum Gasteiger partial charge on any atom is 0.574 e. The predicted octanol–water partition coefficient (Wildman–Crippen LogP) is 2.13. The Balaban J connectivity index is 3.15. The minimum atomic E-state index is -5.15. The van der Waals surface area contributed by atoms with E-state index in [-0.39, 0.29) is 6.07 Å². The summed E-state index contributed by atoms with van der Waals surface area (Å²) in [6, 6.07) is 1.24. The molecule has 0 aliphatic rings. The van der Waals surface area contributed by atoms with Gasteiger partial charge in [-0.3, -0.25) is 0 Å². The number of hydrogen-bond acceptors (Lipinski definition) is 3. The molecule has 0 aliphatic heterocycles. The molecule has 0 radical (unpaired) electrons. The number of aromatic nitrogens is 1. The van der Waals surface area contributed by atoms with Crippen molar-refractivity contribution in [3.8, 4) is 11.9 Å². The molecule has 1 heterocycles. The number of nitriles is 1. The van der Waals surface area contributed by atoms with Crippen LogP contribution in [-0.4, -0.2) is 11.3 Å². The fourth-order valence-corrected chi connectivity index (χ4v) is 0.709. The van der Waals surface area contributed by atoms with Crippen molar-refractivity contribution < 1.29 is 26.7 Å². The molecule has 0 amide bonds. The van der Waals surface area contributed by atoms with Crippen LogP contribution in [0.5, 0.6) is 5.88 Å². The van der Waals surface area contributed by atoms with Crippen LogP contribution in [0.4, 0.5) is 22.0 Å². The number of ether oxygens (including phenoxy) is 1. The third kappa shape index (κ3) is 2.77. The van der Waals surface area contributed by atoms with Gasteiger partial charge in [-0.15, -0.1) is 13.2 Å². The second-order valence-electron chi connectivity index (χ2n) is 2.27. The van der Waals surface area contributed by atoms with Gasteiger partial charge in [0.2, 0.25) is 0 Å². The summed E-state index contributed by atoms with van der Waals surface area (Å²) in [7, 11) is 0. The summed E-state index contributed by atoms with van der Waals surface area (Å²) in [5.74, 6) is -4.48. The van der Waals surface area contributed by atoms with Crippen LogP contribution in [-0.2, 0) is 0 Å². The second-order valence-corrected chi connectivity index (χ2v) is 2.27. The van der Waals surface area contributed by atoms with Gasteiger partial charge in [0, 0.05) is 6.07 Å². The molecule has 1 aromatic heterocycles. The highest BCUT2D eigenvalue weighted by Crippen LogP contribution is 2.24.